The van der Waals surface area contributed by atoms with E-state index in [9.17, 15) is 9.59 Å². The summed E-state index contributed by atoms with van der Waals surface area (Å²) in [5, 5.41) is 0. The Kier molecular flexibility index (Phi) is 5.42. The van der Waals surface area contributed by atoms with Crippen LogP contribution in [0.15, 0.2) is 23.1 Å². The van der Waals surface area contributed by atoms with Gasteiger partial charge in [-0.1, -0.05) is 13.3 Å². The van der Waals surface area contributed by atoms with E-state index in [2.05, 4.69) is 0 Å². The third-order valence-electron chi connectivity index (χ3n) is 2.66. The Labute approximate surface area is 106 Å². The molecule has 1 atom stereocenters. The van der Waals surface area contributed by atoms with Crippen molar-refractivity contribution in [3.05, 3.63) is 28.7 Å². The molecule has 0 aliphatic rings. The van der Waals surface area contributed by atoms with Crippen molar-refractivity contribution in [2.75, 3.05) is 13.7 Å². The van der Waals surface area contributed by atoms with Gasteiger partial charge in [0.15, 0.2) is 5.75 Å². The molecule has 0 fully saturated rings. The molecule has 0 saturated heterocycles. The van der Waals surface area contributed by atoms with Crippen LogP contribution >= 0.6 is 0 Å². The molecule has 1 aromatic heterocycles. The average molecular weight is 253 g/mol. The van der Waals surface area contributed by atoms with E-state index in [1.54, 1.807) is 25.3 Å². The molecule has 1 aromatic rings. The second kappa shape index (κ2) is 6.83. The predicted octanol–water partition coefficient (Wildman–Crippen LogP) is 1.76. The molecule has 1 unspecified atom stereocenters. The molecule has 1 rings (SSSR count). The smallest absolute Gasteiger partial charge is 0.328 e. The van der Waals surface area contributed by atoms with Crippen LogP contribution in [0.3, 0.4) is 0 Å². The van der Waals surface area contributed by atoms with E-state index in [1.807, 2.05) is 6.92 Å². The maximum absolute atomic E-state index is 11.9. The third-order valence-corrected chi connectivity index (χ3v) is 2.66. The minimum Gasteiger partial charge on any atom is -0.491 e. The van der Waals surface area contributed by atoms with E-state index >= 15 is 0 Å². The van der Waals surface area contributed by atoms with E-state index in [1.165, 1.54) is 11.7 Å². The van der Waals surface area contributed by atoms with E-state index in [-0.39, 0.29) is 11.3 Å². The Morgan fingerprint density at radius 2 is 2.22 bits per heavy atom. The molecular weight excluding hydrogens is 234 g/mol. The van der Waals surface area contributed by atoms with Crippen molar-refractivity contribution < 1.29 is 14.3 Å². The van der Waals surface area contributed by atoms with Crippen LogP contribution in [-0.2, 0) is 9.53 Å². The Balaban J connectivity index is 2.80. The summed E-state index contributed by atoms with van der Waals surface area (Å²) < 4.78 is 11.3. The van der Waals surface area contributed by atoms with E-state index in [4.69, 9.17) is 9.47 Å². The summed E-state index contributed by atoms with van der Waals surface area (Å²) in [6.07, 6.45) is 3.34. The van der Waals surface area contributed by atoms with Crippen LogP contribution in [-0.4, -0.2) is 24.3 Å². The van der Waals surface area contributed by atoms with Crippen molar-refractivity contribution in [2.24, 2.45) is 0 Å². The highest BCUT2D eigenvalue weighted by molar-refractivity contribution is 5.73. The number of pyridine rings is 1. The van der Waals surface area contributed by atoms with E-state index in [0.29, 0.717) is 6.61 Å². The van der Waals surface area contributed by atoms with Crippen LogP contribution in [0, 0.1) is 0 Å². The number of unbranched alkanes of at least 4 members (excludes halogenated alkanes) is 1. The highest BCUT2D eigenvalue weighted by Gasteiger charge is 2.18. The average Bonchev–Trinajstić information content (AvgIpc) is 2.38. The maximum Gasteiger partial charge on any atom is 0.328 e. The highest BCUT2D eigenvalue weighted by atomic mass is 16.5. The van der Waals surface area contributed by atoms with Crippen LogP contribution in [0.4, 0.5) is 0 Å². The summed E-state index contributed by atoms with van der Waals surface area (Å²) in [4.78, 5) is 23.7. The number of carbonyl (C=O) groups excluding carboxylic acids is 1. The SMILES string of the molecule is CCCCOC(=O)C(C)n1cccc(OC)c1=O. The zero-order valence-corrected chi connectivity index (χ0v) is 11.0. The number of hydrogen-bond acceptors (Lipinski definition) is 4. The summed E-state index contributed by atoms with van der Waals surface area (Å²) in [7, 11) is 1.42. The number of aromatic nitrogens is 1. The third kappa shape index (κ3) is 3.35. The van der Waals surface area contributed by atoms with Gasteiger partial charge in [0.05, 0.1) is 13.7 Å². The molecule has 0 radical (unpaired) electrons. The number of hydrogen-bond donors (Lipinski definition) is 0. The van der Waals surface area contributed by atoms with Gasteiger partial charge in [-0.15, -0.1) is 0 Å². The van der Waals surface area contributed by atoms with Crippen molar-refractivity contribution in [2.45, 2.75) is 32.7 Å². The molecule has 0 amide bonds. The molecule has 0 saturated carbocycles. The molecule has 0 aliphatic heterocycles. The van der Waals surface area contributed by atoms with E-state index in [0.717, 1.165) is 12.8 Å². The van der Waals surface area contributed by atoms with Gasteiger partial charge in [-0.3, -0.25) is 9.36 Å². The molecule has 18 heavy (non-hydrogen) atoms. The number of nitrogens with zero attached hydrogens (tertiary/aromatic N) is 1. The molecule has 0 spiro atoms. The molecule has 5 nitrogen and oxygen atoms in total. The van der Waals surface area contributed by atoms with Gasteiger partial charge >= 0.3 is 5.97 Å². The number of ether oxygens (including phenoxy) is 2. The summed E-state index contributed by atoms with van der Waals surface area (Å²) in [6, 6.07) is 2.58. The van der Waals surface area contributed by atoms with Gasteiger partial charge in [-0.05, 0) is 25.5 Å². The summed E-state index contributed by atoms with van der Waals surface area (Å²) in [6.45, 7) is 4.04. The second-order valence-corrected chi connectivity index (χ2v) is 3.99. The minimum absolute atomic E-state index is 0.214. The number of rotatable bonds is 6. The zero-order valence-electron chi connectivity index (χ0n) is 11.0. The number of carbonyl (C=O) groups is 1. The van der Waals surface area contributed by atoms with Crippen LogP contribution in [0.5, 0.6) is 5.75 Å². The van der Waals surface area contributed by atoms with E-state index < -0.39 is 12.0 Å². The Hall–Kier alpha value is -1.78. The van der Waals surface area contributed by atoms with Gasteiger partial charge in [0.2, 0.25) is 0 Å². The van der Waals surface area contributed by atoms with Gasteiger partial charge in [0.25, 0.3) is 5.56 Å². The topological polar surface area (TPSA) is 57.5 Å². The summed E-state index contributed by atoms with van der Waals surface area (Å²) >= 11 is 0. The first-order valence-corrected chi connectivity index (χ1v) is 6.03. The fraction of sp³-hybridized carbons (Fsp3) is 0.538. The second-order valence-electron chi connectivity index (χ2n) is 3.99. The molecule has 0 aliphatic carbocycles. The van der Waals surface area contributed by atoms with Crippen molar-refractivity contribution in [1.82, 2.24) is 4.57 Å². The largest absolute Gasteiger partial charge is 0.491 e. The Morgan fingerprint density at radius 3 is 2.83 bits per heavy atom. The lowest BCUT2D eigenvalue weighted by Crippen LogP contribution is -2.29. The molecular formula is C13H19NO4. The summed E-state index contributed by atoms with van der Waals surface area (Å²) in [5.74, 6) is -0.190. The fourth-order valence-corrected chi connectivity index (χ4v) is 1.50. The summed E-state index contributed by atoms with van der Waals surface area (Å²) in [5.41, 5.74) is -0.333. The quantitative estimate of drug-likeness (QED) is 0.572. The highest BCUT2D eigenvalue weighted by Crippen LogP contribution is 2.09. The van der Waals surface area contributed by atoms with Gasteiger partial charge in [0, 0.05) is 6.20 Å². The fourth-order valence-electron chi connectivity index (χ4n) is 1.50. The first kappa shape index (κ1) is 14.3. The lowest BCUT2D eigenvalue weighted by Gasteiger charge is -2.14. The molecule has 5 heteroatoms. The lowest BCUT2D eigenvalue weighted by molar-refractivity contribution is -0.147. The van der Waals surface area contributed by atoms with Crippen molar-refractivity contribution in [3.8, 4) is 5.75 Å². The van der Waals surface area contributed by atoms with Crippen molar-refractivity contribution in [3.63, 3.8) is 0 Å². The maximum atomic E-state index is 11.9. The normalized spacial score (nSPS) is 11.9. The molecule has 0 N–H and O–H groups in total. The van der Waals surface area contributed by atoms with Crippen molar-refractivity contribution in [1.29, 1.82) is 0 Å². The van der Waals surface area contributed by atoms with Crippen LogP contribution in [0.1, 0.15) is 32.7 Å². The van der Waals surface area contributed by atoms with Gasteiger partial charge < -0.3 is 9.47 Å². The van der Waals surface area contributed by atoms with Gasteiger partial charge in [-0.2, -0.15) is 0 Å². The van der Waals surface area contributed by atoms with Crippen LogP contribution < -0.4 is 10.3 Å². The van der Waals surface area contributed by atoms with Crippen molar-refractivity contribution >= 4 is 5.97 Å². The predicted molar refractivity (Wildman–Crippen MR) is 67.8 cm³/mol. The first-order valence-electron chi connectivity index (χ1n) is 6.03. The van der Waals surface area contributed by atoms with Crippen LogP contribution in [0.2, 0.25) is 0 Å². The molecule has 0 bridgehead atoms. The minimum atomic E-state index is -0.649. The zero-order chi connectivity index (χ0) is 13.5. The van der Waals surface area contributed by atoms with Crippen LogP contribution in [0.25, 0.3) is 0 Å². The molecule has 100 valence electrons. The Morgan fingerprint density at radius 1 is 1.50 bits per heavy atom. The first-order chi connectivity index (χ1) is 8.61. The Bertz CT molecular complexity index is 453. The number of esters is 1. The van der Waals surface area contributed by atoms with Gasteiger partial charge in [0.1, 0.15) is 6.04 Å². The molecule has 0 aromatic carbocycles. The molecule has 1 heterocycles. The lowest BCUT2D eigenvalue weighted by atomic mass is 10.3. The number of methoxy groups -OCH3 is 1. The standard InChI is InChI=1S/C13H19NO4/c1-4-5-9-18-13(16)10(2)14-8-6-7-11(17-3)12(14)15/h6-8,10H,4-5,9H2,1-3H3. The monoisotopic (exact) mass is 253 g/mol. The van der Waals surface area contributed by atoms with Gasteiger partial charge in [-0.25, -0.2) is 4.79 Å².